The van der Waals surface area contributed by atoms with Crippen LogP contribution in [0.4, 0.5) is 0 Å². The number of hydrogen-bond acceptors (Lipinski definition) is 9. The molecule has 262 valence electrons. The molecule has 2 aromatic heterocycles. The summed E-state index contributed by atoms with van der Waals surface area (Å²) >= 11 is 14.2. The third-order valence-corrected chi connectivity index (χ3v) is 11.0. The van der Waals surface area contributed by atoms with Gasteiger partial charge in [0.1, 0.15) is 11.4 Å². The molecule has 1 amide bonds. The highest BCUT2D eigenvalue weighted by Crippen LogP contribution is 2.42. The number of nitrogens with one attached hydrogen (secondary N) is 1. The van der Waals surface area contributed by atoms with Gasteiger partial charge in [-0.15, -0.1) is 0 Å². The van der Waals surface area contributed by atoms with Gasteiger partial charge in [0.15, 0.2) is 0 Å². The zero-order valence-corrected chi connectivity index (χ0v) is 30.0. The van der Waals surface area contributed by atoms with Gasteiger partial charge in [-0.05, 0) is 56.9 Å². The summed E-state index contributed by atoms with van der Waals surface area (Å²) in [5.41, 5.74) is 5.76. The van der Waals surface area contributed by atoms with E-state index in [4.69, 9.17) is 57.3 Å². The van der Waals surface area contributed by atoms with Crippen LogP contribution in [-0.2, 0) is 22.5 Å². The largest absolute Gasteiger partial charge is 0.480 e. The number of hydrogen-bond donors (Lipinski definition) is 1. The molecule has 3 aliphatic heterocycles. The molecule has 12 heteroatoms. The molecule has 4 aromatic rings. The van der Waals surface area contributed by atoms with Gasteiger partial charge in [-0.3, -0.25) is 19.7 Å². The van der Waals surface area contributed by atoms with E-state index in [9.17, 15) is 4.79 Å². The third-order valence-electron chi connectivity index (χ3n) is 10.2. The van der Waals surface area contributed by atoms with E-state index in [0.29, 0.717) is 70.0 Å². The smallest absolute Gasteiger partial charge is 0.237 e. The number of rotatable bonds is 12. The molecule has 0 spiro atoms. The van der Waals surface area contributed by atoms with Crippen LogP contribution in [0.25, 0.3) is 33.6 Å². The van der Waals surface area contributed by atoms with Gasteiger partial charge in [-0.1, -0.05) is 59.6 Å². The molecule has 3 saturated heterocycles. The molecule has 50 heavy (non-hydrogen) atoms. The molecule has 0 bridgehead atoms. The summed E-state index contributed by atoms with van der Waals surface area (Å²) in [6.45, 7) is 4.52. The van der Waals surface area contributed by atoms with E-state index in [1.807, 2.05) is 36.4 Å². The lowest BCUT2D eigenvalue weighted by Gasteiger charge is -2.19. The summed E-state index contributed by atoms with van der Waals surface area (Å²) in [6.07, 6.45) is 9.79. The summed E-state index contributed by atoms with van der Waals surface area (Å²) in [5.74, 6) is 2.41. The third kappa shape index (κ3) is 7.44. The molecule has 3 atom stereocenters. The van der Waals surface area contributed by atoms with Gasteiger partial charge in [0.05, 0.1) is 48.0 Å². The van der Waals surface area contributed by atoms with Gasteiger partial charge in [-0.25, -0.2) is 9.97 Å². The molecular formula is C38H42Cl2N6O4. The zero-order valence-electron chi connectivity index (χ0n) is 28.5. The second-order valence-electron chi connectivity index (χ2n) is 13.4. The first kappa shape index (κ1) is 34.6. The van der Waals surface area contributed by atoms with E-state index >= 15 is 0 Å². The van der Waals surface area contributed by atoms with Gasteiger partial charge < -0.3 is 19.5 Å². The van der Waals surface area contributed by atoms with Crippen LogP contribution < -0.4 is 14.8 Å². The Morgan fingerprint density at radius 3 is 2.10 bits per heavy atom. The van der Waals surface area contributed by atoms with Crippen molar-refractivity contribution in [1.82, 2.24) is 30.2 Å². The van der Waals surface area contributed by atoms with E-state index in [1.54, 1.807) is 26.6 Å². The van der Waals surface area contributed by atoms with Gasteiger partial charge in [0.2, 0.25) is 17.7 Å². The number of nitrogens with zero attached hydrogens (tertiary/aromatic N) is 5. The van der Waals surface area contributed by atoms with Gasteiger partial charge in [-0.2, -0.15) is 0 Å². The summed E-state index contributed by atoms with van der Waals surface area (Å²) < 4.78 is 17.0. The number of benzene rings is 2. The van der Waals surface area contributed by atoms with Crippen LogP contribution in [0.2, 0.25) is 10.0 Å². The fourth-order valence-electron chi connectivity index (χ4n) is 7.47. The zero-order chi connectivity index (χ0) is 34.6. The van der Waals surface area contributed by atoms with E-state index in [1.165, 1.54) is 6.42 Å². The first-order valence-electron chi connectivity index (χ1n) is 17.4. The molecule has 1 N–H and O–H groups in total. The Bertz CT molecular complexity index is 1850. The van der Waals surface area contributed by atoms with Crippen molar-refractivity contribution in [3.63, 3.8) is 0 Å². The highest BCUT2D eigenvalue weighted by Gasteiger charge is 2.32. The SMILES string of the molecule is COc1nc(-c2cccc(-c3cccc(-c4cnc(CN5CCC(C6CCOC6)C5)c(OC)n4)c3Cl)c2Cl)cnc1CCC[C@@H]1CCC(=O)N1. The predicted molar refractivity (Wildman–Crippen MR) is 193 cm³/mol. The van der Waals surface area contributed by atoms with Crippen LogP contribution in [0.1, 0.15) is 49.9 Å². The number of likely N-dealkylation sites (tertiary alicyclic amines) is 1. The molecular weight excluding hydrogens is 675 g/mol. The average molecular weight is 718 g/mol. The minimum atomic E-state index is 0.128. The quantitative estimate of drug-likeness (QED) is 0.165. The number of aryl methyl sites for hydroxylation is 1. The minimum absolute atomic E-state index is 0.128. The first-order valence-corrected chi connectivity index (χ1v) is 18.1. The Hall–Kier alpha value is -3.83. The first-order chi connectivity index (χ1) is 24.4. The molecule has 10 nitrogen and oxygen atoms in total. The average Bonchev–Trinajstić information content (AvgIpc) is 3.92. The Kier molecular flexibility index (Phi) is 10.8. The van der Waals surface area contributed by atoms with Crippen molar-refractivity contribution in [3.05, 3.63) is 70.2 Å². The second-order valence-corrected chi connectivity index (χ2v) is 14.1. The van der Waals surface area contributed by atoms with Crippen molar-refractivity contribution in [3.8, 4) is 45.4 Å². The molecule has 5 heterocycles. The number of methoxy groups -OCH3 is 2. The van der Waals surface area contributed by atoms with Crippen LogP contribution in [-0.4, -0.2) is 77.3 Å². The Morgan fingerprint density at radius 1 is 0.860 bits per heavy atom. The van der Waals surface area contributed by atoms with Crippen LogP contribution in [0.3, 0.4) is 0 Å². The normalized spacial score (nSPS) is 20.7. The molecule has 2 aromatic carbocycles. The minimum Gasteiger partial charge on any atom is -0.480 e. The topological polar surface area (TPSA) is 112 Å². The molecule has 3 fully saturated rings. The lowest BCUT2D eigenvalue weighted by Crippen LogP contribution is -2.25. The standard InChI is InChI=1S/C38H42Cl2N6O4/c1-48-37-30(11-3-6-25-12-13-34(47)43-25)41-18-31(44-37)28-9-4-7-26(35(28)39)27-8-5-10-29(36(27)40)32-19-42-33(38(45-32)49-2)21-46-16-14-23(20-46)24-15-17-50-22-24/h4-5,7-10,18-19,23-25H,3,6,11-17,20-22H2,1-2H3,(H,43,47)/t23?,24?,25-/m1/s1. The van der Waals surface area contributed by atoms with Crippen LogP contribution in [0, 0.1) is 11.8 Å². The van der Waals surface area contributed by atoms with Gasteiger partial charge in [0.25, 0.3) is 0 Å². The predicted octanol–water partition coefficient (Wildman–Crippen LogP) is 7.05. The van der Waals surface area contributed by atoms with Gasteiger partial charge >= 0.3 is 0 Å². The molecule has 2 unspecified atom stereocenters. The number of carbonyl (C=O) groups excluding carboxylic acids is 1. The van der Waals surface area contributed by atoms with Crippen molar-refractivity contribution in [2.75, 3.05) is 40.5 Å². The number of halogens is 2. The van der Waals surface area contributed by atoms with Crippen molar-refractivity contribution < 1.29 is 19.0 Å². The van der Waals surface area contributed by atoms with Crippen LogP contribution in [0.15, 0.2) is 48.8 Å². The molecule has 7 rings (SSSR count). The highest BCUT2D eigenvalue weighted by atomic mass is 35.5. The summed E-state index contributed by atoms with van der Waals surface area (Å²) in [6, 6.07) is 11.8. The van der Waals surface area contributed by atoms with E-state index in [0.717, 1.165) is 80.1 Å². The number of aromatic nitrogens is 4. The molecule has 0 radical (unpaired) electrons. The van der Waals surface area contributed by atoms with Crippen molar-refractivity contribution in [1.29, 1.82) is 0 Å². The Balaban J connectivity index is 1.09. The monoisotopic (exact) mass is 716 g/mol. The van der Waals surface area contributed by atoms with E-state index in [-0.39, 0.29) is 11.9 Å². The molecule has 0 saturated carbocycles. The highest BCUT2D eigenvalue weighted by molar-refractivity contribution is 6.39. The van der Waals surface area contributed by atoms with Crippen molar-refractivity contribution in [2.45, 2.75) is 57.5 Å². The van der Waals surface area contributed by atoms with Crippen LogP contribution in [0.5, 0.6) is 11.8 Å². The van der Waals surface area contributed by atoms with Crippen molar-refractivity contribution >= 4 is 29.1 Å². The van der Waals surface area contributed by atoms with Crippen LogP contribution >= 0.6 is 23.2 Å². The summed E-state index contributed by atoms with van der Waals surface area (Å²) in [5, 5.41) is 4.03. The fraction of sp³-hybridized carbons (Fsp3) is 0.447. The van der Waals surface area contributed by atoms with E-state index < -0.39 is 0 Å². The van der Waals surface area contributed by atoms with Crippen molar-refractivity contribution in [2.24, 2.45) is 11.8 Å². The maximum Gasteiger partial charge on any atom is 0.237 e. The second kappa shape index (κ2) is 15.6. The fourth-order valence-corrected chi connectivity index (χ4v) is 8.12. The summed E-state index contributed by atoms with van der Waals surface area (Å²) in [7, 11) is 3.22. The van der Waals surface area contributed by atoms with E-state index in [2.05, 4.69) is 10.2 Å². The lowest BCUT2D eigenvalue weighted by atomic mass is 9.91. The molecule has 3 aliphatic rings. The maximum atomic E-state index is 11.5. The number of ether oxygens (including phenoxy) is 3. The van der Waals surface area contributed by atoms with Gasteiger partial charge in [0, 0.05) is 61.0 Å². The lowest BCUT2D eigenvalue weighted by molar-refractivity contribution is -0.119. The maximum absolute atomic E-state index is 11.5. The number of amides is 1. The molecule has 0 aliphatic carbocycles. The number of carbonyl (C=O) groups is 1. The Morgan fingerprint density at radius 2 is 1.50 bits per heavy atom. The summed E-state index contributed by atoms with van der Waals surface area (Å²) in [4.78, 5) is 33.1. The Labute approximate surface area is 302 Å².